The van der Waals surface area contributed by atoms with E-state index < -0.39 is 0 Å². The minimum atomic E-state index is 0.368. The van der Waals surface area contributed by atoms with Crippen LogP contribution in [0, 0.1) is 17.8 Å². The fraction of sp³-hybridized carbons (Fsp3) is 1.00. The Bertz CT molecular complexity index is 197. The number of hydrogen-bond acceptors (Lipinski definition) is 1. The van der Waals surface area contributed by atoms with Crippen LogP contribution in [0.3, 0.4) is 0 Å². The quantitative estimate of drug-likeness (QED) is 0.488. The second-order valence-corrected chi connectivity index (χ2v) is 8.38. The van der Waals surface area contributed by atoms with Crippen LogP contribution >= 0.6 is 0 Å². The highest BCUT2D eigenvalue weighted by Crippen LogP contribution is 2.31. The van der Waals surface area contributed by atoms with E-state index in [9.17, 15) is 0 Å². The summed E-state index contributed by atoms with van der Waals surface area (Å²) in [6, 6.07) is 0.585. The molecule has 0 unspecified atom stereocenters. The predicted molar refractivity (Wildman–Crippen MR) is 93.2 cm³/mol. The van der Waals surface area contributed by atoms with Gasteiger partial charge in [-0.2, -0.15) is 0 Å². The third kappa shape index (κ3) is 9.80. The molecule has 0 aromatic carbocycles. The summed E-state index contributed by atoms with van der Waals surface area (Å²) >= 11 is 0. The lowest BCUT2D eigenvalue weighted by molar-refractivity contribution is 0.202. The summed E-state index contributed by atoms with van der Waals surface area (Å²) in [5.41, 5.74) is 0.368. The fourth-order valence-corrected chi connectivity index (χ4v) is 2.90. The van der Waals surface area contributed by atoms with Gasteiger partial charge in [0.05, 0.1) is 0 Å². The zero-order valence-corrected chi connectivity index (χ0v) is 15.6. The monoisotopic (exact) mass is 283 g/mol. The molecule has 0 aromatic heterocycles. The summed E-state index contributed by atoms with van der Waals surface area (Å²) in [5, 5.41) is 3.96. The van der Waals surface area contributed by atoms with E-state index in [4.69, 9.17) is 0 Å². The van der Waals surface area contributed by atoms with Crippen LogP contribution in [0.25, 0.3) is 0 Å². The molecule has 0 spiro atoms. The molecule has 0 heterocycles. The van der Waals surface area contributed by atoms with Gasteiger partial charge in [0.2, 0.25) is 0 Å². The zero-order valence-electron chi connectivity index (χ0n) is 15.6. The maximum absolute atomic E-state index is 3.96. The van der Waals surface area contributed by atoms with Gasteiger partial charge >= 0.3 is 0 Å². The largest absolute Gasteiger partial charge is 0.309 e. The Morgan fingerprint density at radius 2 is 0.900 bits per heavy atom. The first-order chi connectivity index (χ1) is 9.17. The third-order valence-corrected chi connectivity index (χ3v) is 4.20. The van der Waals surface area contributed by atoms with Gasteiger partial charge in [-0.3, -0.25) is 0 Å². The topological polar surface area (TPSA) is 12.0 Å². The van der Waals surface area contributed by atoms with Crippen LogP contribution in [0.5, 0.6) is 0 Å². The summed E-state index contributed by atoms with van der Waals surface area (Å²) in [5.74, 6) is 2.42. The molecule has 0 aromatic rings. The van der Waals surface area contributed by atoms with Gasteiger partial charge in [-0.05, 0) is 56.3 Å². The first-order valence-electron chi connectivity index (χ1n) is 8.94. The first kappa shape index (κ1) is 20.0. The van der Waals surface area contributed by atoms with Gasteiger partial charge in [-0.1, -0.05) is 55.4 Å². The Morgan fingerprint density at radius 3 is 1.10 bits per heavy atom. The lowest BCUT2D eigenvalue weighted by Crippen LogP contribution is -2.49. The Hall–Kier alpha value is -0.0400. The molecule has 1 heteroatoms. The van der Waals surface area contributed by atoms with E-state index in [1.807, 2.05) is 0 Å². The molecular weight excluding hydrogens is 242 g/mol. The maximum atomic E-state index is 3.96. The fourth-order valence-electron chi connectivity index (χ4n) is 2.90. The average molecular weight is 284 g/mol. The second kappa shape index (κ2) is 9.82. The van der Waals surface area contributed by atoms with Crippen LogP contribution in [0.2, 0.25) is 0 Å². The molecule has 122 valence electrons. The molecule has 0 saturated heterocycles. The number of nitrogens with one attached hydrogen (secondary N) is 1. The molecule has 20 heavy (non-hydrogen) atoms. The SMILES string of the molecule is CC(C)CCC(CCC(C)C)(CCC(C)C)NC(C)C. The molecule has 1 nitrogen and oxygen atoms in total. The van der Waals surface area contributed by atoms with Crippen LogP contribution < -0.4 is 5.32 Å². The van der Waals surface area contributed by atoms with E-state index in [2.05, 4.69) is 60.7 Å². The van der Waals surface area contributed by atoms with Crippen molar-refractivity contribution in [2.45, 2.75) is 105 Å². The van der Waals surface area contributed by atoms with E-state index in [1.165, 1.54) is 38.5 Å². The van der Waals surface area contributed by atoms with Crippen LogP contribution in [-0.4, -0.2) is 11.6 Å². The minimum absolute atomic E-state index is 0.368. The number of hydrogen-bond donors (Lipinski definition) is 1. The highest BCUT2D eigenvalue weighted by Gasteiger charge is 2.30. The first-order valence-corrected chi connectivity index (χ1v) is 8.94. The maximum Gasteiger partial charge on any atom is 0.0184 e. The van der Waals surface area contributed by atoms with Crippen molar-refractivity contribution in [3.8, 4) is 0 Å². The summed E-state index contributed by atoms with van der Waals surface area (Å²) in [7, 11) is 0. The van der Waals surface area contributed by atoms with Crippen molar-refractivity contribution < 1.29 is 0 Å². The summed E-state index contributed by atoms with van der Waals surface area (Å²) < 4.78 is 0. The van der Waals surface area contributed by atoms with E-state index in [0.29, 0.717) is 11.6 Å². The van der Waals surface area contributed by atoms with Crippen LogP contribution in [0.15, 0.2) is 0 Å². The molecule has 0 atom stereocenters. The van der Waals surface area contributed by atoms with Gasteiger partial charge in [-0.15, -0.1) is 0 Å². The molecule has 0 amide bonds. The Morgan fingerprint density at radius 1 is 0.600 bits per heavy atom. The van der Waals surface area contributed by atoms with Crippen molar-refractivity contribution in [1.29, 1.82) is 0 Å². The molecule has 0 radical (unpaired) electrons. The minimum Gasteiger partial charge on any atom is -0.309 e. The zero-order chi connectivity index (χ0) is 15.8. The average Bonchev–Trinajstić information content (AvgIpc) is 2.30. The third-order valence-electron chi connectivity index (χ3n) is 4.20. The van der Waals surface area contributed by atoms with Gasteiger partial charge in [0.1, 0.15) is 0 Å². The van der Waals surface area contributed by atoms with Gasteiger partial charge < -0.3 is 5.32 Å². The molecule has 0 rings (SSSR count). The Labute approximate surface area is 129 Å². The standard InChI is InChI=1S/C19H41N/c1-15(2)9-12-19(20-18(7)8,13-10-16(3)4)14-11-17(5)6/h15-18,20H,9-14H2,1-8H3. The Balaban J connectivity index is 4.84. The molecule has 0 aliphatic rings. The van der Waals surface area contributed by atoms with Crippen molar-refractivity contribution in [3.63, 3.8) is 0 Å². The van der Waals surface area contributed by atoms with Crippen molar-refractivity contribution in [3.05, 3.63) is 0 Å². The Kier molecular flexibility index (Phi) is 9.80. The van der Waals surface area contributed by atoms with Crippen molar-refractivity contribution >= 4 is 0 Å². The highest BCUT2D eigenvalue weighted by molar-refractivity contribution is 4.90. The molecule has 0 bridgehead atoms. The normalized spacial score (nSPS) is 13.2. The van der Waals surface area contributed by atoms with Crippen LogP contribution in [-0.2, 0) is 0 Å². The van der Waals surface area contributed by atoms with Gasteiger partial charge in [0.25, 0.3) is 0 Å². The van der Waals surface area contributed by atoms with Crippen molar-refractivity contribution in [2.24, 2.45) is 17.8 Å². The predicted octanol–water partition coefficient (Wildman–Crippen LogP) is 6.03. The van der Waals surface area contributed by atoms with Gasteiger partial charge in [0, 0.05) is 11.6 Å². The van der Waals surface area contributed by atoms with Crippen molar-refractivity contribution in [1.82, 2.24) is 5.32 Å². The summed E-state index contributed by atoms with van der Waals surface area (Å²) in [4.78, 5) is 0. The molecule has 0 aliphatic heterocycles. The van der Waals surface area contributed by atoms with Crippen molar-refractivity contribution in [2.75, 3.05) is 0 Å². The van der Waals surface area contributed by atoms with E-state index >= 15 is 0 Å². The van der Waals surface area contributed by atoms with Gasteiger partial charge in [0.15, 0.2) is 0 Å². The summed E-state index contributed by atoms with van der Waals surface area (Å²) in [6.07, 6.45) is 8.04. The lowest BCUT2D eigenvalue weighted by atomic mass is 9.79. The van der Waals surface area contributed by atoms with Crippen LogP contribution in [0.4, 0.5) is 0 Å². The number of rotatable bonds is 11. The molecule has 0 fully saturated rings. The molecule has 0 aliphatic carbocycles. The summed E-state index contributed by atoms with van der Waals surface area (Å²) in [6.45, 7) is 18.7. The second-order valence-electron chi connectivity index (χ2n) is 8.38. The molecular formula is C19H41N. The van der Waals surface area contributed by atoms with Crippen LogP contribution in [0.1, 0.15) is 93.9 Å². The molecule has 1 N–H and O–H groups in total. The smallest absolute Gasteiger partial charge is 0.0184 e. The lowest BCUT2D eigenvalue weighted by Gasteiger charge is -2.39. The van der Waals surface area contributed by atoms with E-state index in [-0.39, 0.29) is 0 Å². The highest BCUT2D eigenvalue weighted by atomic mass is 15.0. The van der Waals surface area contributed by atoms with E-state index in [0.717, 1.165) is 17.8 Å². The molecule has 0 saturated carbocycles. The van der Waals surface area contributed by atoms with Gasteiger partial charge in [-0.25, -0.2) is 0 Å². The van der Waals surface area contributed by atoms with E-state index in [1.54, 1.807) is 0 Å².